The Labute approximate surface area is 161 Å². The minimum atomic E-state index is -0.250. The molecule has 1 aromatic carbocycles. The van der Waals surface area contributed by atoms with E-state index in [9.17, 15) is 9.59 Å². The van der Waals surface area contributed by atoms with Gasteiger partial charge in [0.25, 0.3) is 5.56 Å². The third-order valence-electron chi connectivity index (χ3n) is 4.96. The average molecular weight is 374 g/mol. The molecule has 0 unspecified atom stereocenters. The number of quaternary nitrogens is 1. The second kappa shape index (κ2) is 10.8. The van der Waals surface area contributed by atoms with Crippen LogP contribution in [0.15, 0.2) is 29.1 Å². The molecule has 6 nitrogen and oxygen atoms in total. The van der Waals surface area contributed by atoms with Crippen molar-refractivity contribution < 1.29 is 10.5 Å². The Kier molecular flexibility index (Phi) is 8.45. The number of nitrogens with zero attached hydrogens (tertiary/aromatic N) is 2. The molecule has 6 heteroatoms. The van der Waals surface area contributed by atoms with Gasteiger partial charge in [0.05, 0.1) is 23.5 Å². The molecule has 0 spiro atoms. The first kappa shape index (κ1) is 21.1. The van der Waals surface area contributed by atoms with Crippen LogP contribution in [0, 0.1) is 0 Å². The van der Waals surface area contributed by atoms with Crippen molar-refractivity contribution in [2.45, 2.75) is 64.8 Å². The highest BCUT2D eigenvalue weighted by Gasteiger charge is 2.23. The molecular weight excluding hydrogens is 340 g/mol. The van der Waals surface area contributed by atoms with Gasteiger partial charge in [0.1, 0.15) is 5.82 Å². The van der Waals surface area contributed by atoms with E-state index in [2.05, 4.69) is 22.6 Å². The Hall–Kier alpha value is -2.21. The minimum absolute atomic E-state index is 0.136. The van der Waals surface area contributed by atoms with Gasteiger partial charge in [0.2, 0.25) is 5.91 Å². The molecule has 1 amide bonds. The molecule has 4 N–H and O–H groups in total. The highest BCUT2D eigenvalue weighted by molar-refractivity contribution is 5.78. The number of nitrogens with one attached hydrogen (secondary N) is 1. The molecular formula is C21H33N4O2+. The fourth-order valence-electron chi connectivity index (χ4n) is 3.27. The van der Waals surface area contributed by atoms with Crippen molar-refractivity contribution in [3.05, 3.63) is 40.4 Å². The zero-order valence-electron chi connectivity index (χ0n) is 16.7. The third kappa shape index (κ3) is 5.89. The second-order valence-electron chi connectivity index (χ2n) is 7.10. The molecule has 0 saturated carbocycles. The smallest absolute Gasteiger partial charge is 0.258 e. The summed E-state index contributed by atoms with van der Waals surface area (Å²) in [7, 11) is 0. The maximum atomic E-state index is 12.8. The molecule has 1 aromatic heterocycles. The number of amides is 1. The summed E-state index contributed by atoms with van der Waals surface area (Å²) in [5.41, 5.74) is 4.39. The molecule has 0 fully saturated rings. The largest absolute Gasteiger partial charge is 0.358 e. The predicted molar refractivity (Wildman–Crippen MR) is 108 cm³/mol. The molecule has 0 aliphatic heterocycles. The number of para-hydroxylation sites is 1. The molecule has 148 valence electrons. The van der Waals surface area contributed by atoms with Gasteiger partial charge in [-0.1, -0.05) is 31.9 Å². The molecule has 0 bridgehead atoms. The van der Waals surface area contributed by atoms with Gasteiger partial charge in [-0.05, 0) is 44.7 Å². The van der Waals surface area contributed by atoms with Gasteiger partial charge in [-0.15, -0.1) is 0 Å². The van der Waals surface area contributed by atoms with Crippen LogP contribution in [0.25, 0.3) is 10.9 Å². The Morgan fingerprint density at radius 2 is 1.93 bits per heavy atom. The first-order valence-electron chi connectivity index (χ1n) is 10.2. The molecule has 0 aliphatic carbocycles. The molecule has 2 aromatic rings. The van der Waals surface area contributed by atoms with Crippen LogP contribution in [0.3, 0.4) is 0 Å². The van der Waals surface area contributed by atoms with Crippen molar-refractivity contribution >= 4 is 16.8 Å². The Morgan fingerprint density at radius 3 is 2.67 bits per heavy atom. The van der Waals surface area contributed by atoms with E-state index < -0.39 is 0 Å². The normalized spacial score (nSPS) is 12.3. The van der Waals surface area contributed by atoms with Gasteiger partial charge in [0, 0.05) is 13.0 Å². The van der Waals surface area contributed by atoms with Crippen molar-refractivity contribution in [1.82, 2.24) is 14.9 Å². The molecule has 0 saturated heterocycles. The fourth-order valence-corrected chi connectivity index (χ4v) is 3.27. The fraction of sp³-hybridized carbons (Fsp3) is 0.571. The summed E-state index contributed by atoms with van der Waals surface area (Å²) in [4.78, 5) is 34.6. The van der Waals surface area contributed by atoms with Crippen molar-refractivity contribution in [2.75, 3.05) is 13.1 Å². The van der Waals surface area contributed by atoms with Crippen LogP contribution in [-0.2, 0) is 4.79 Å². The van der Waals surface area contributed by atoms with Gasteiger partial charge in [-0.25, -0.2) is 4.98 Å². The number of benzene rings is 1. The zero-order chi connectivity index (χ0) is 19.6. The van der Waals surface area contributed by atoms with Gasteiger partial charge >= 0.3 is 0 Å². The number of fused-ring (bicyclic) bond motifs is 1. The summed E-state index contributed by atoms with van der Waals surface area (Å²) >= 11 is 0. The van der Waals surface area contributed by atoms with E-state index >= 15 is 0 Å². The zero-order valence-corrected chi connectivity index (χ0v) is 16.7. The summed E-state index contributed by atoms with van der Waals surface area (Å²) in [5.74, 6) is 0.693. The average Bonchev–Trinajstić information content (AvgIpc) is 2.68. The maximum absolute atomic E-state index is 12.8. The molecule has 0 radical (unpaired) electrons. The number of unbranched alkanes of at least 4 members (excludes halogenated alkanes) is 4. The number of aromatic amines is 1. The minimum Gasteiger partial charge on any atom is -0.358 e. The van der Waals surface area contributed by atoms with E-state index in [0.717, 1.165) is 45.1 Å². The molecule has 2 rings (SSSR count). The maximum Gasteiger partial charge on any atom is 0.258 e. The SMILES string of the molecule is CCCCC(=O)N(CCCCCC[NH3+])[C@H](C)c1nc2ccccc2c(=O)[nH]1. The van der Waals surface area contributed by atoms with Crippen molar-refractivity contribution in [3.63, 3.8) is 0 Å². The number of hydrogen-bond donors (Lipinski definition) is 2. The van der Waals surface area contributed by atoms with Gasteiger partial charge in [0.15, 0.2) is 0 Å². The van der Waals surface area contributed by atoms with Crippen LogP contribution < -0.4 is 11.3 Å². The van der Waals surface area contributed by atoms with Gasteiger partial charge in [-0.3, -0.25) is 9.59 Å². The Balaban J connectivity index is 2.19. The van der Waals surface area contributed by atoms with E-state index in [1.165, 1.54) is 0 Å². The quantitative estimate of drug-likeness (QED) is 0.593. The highest BCUT2D eigenvalue weighted by atomic mass is 16.2. The molecule has 0 aliphatic rings. The highest BCUT2D eigenvalue weighted by Crippen LogP contribution is 2.20. The van der Waals surface area contributed by atoms with Crippen LogP contribution in [0.1, 0.15) is 70.7 Å². The molecule has 27 heavy (non-hydrogen) atoms. The van der Waals surface area contributed by atoms with E-state index in [1.807, 2.05) is 30.0 Å². The number of rotatable bonds is 11. The Bertz CT molecular complexity index is 787. The number of carbonyl (C=O) groups is 1. The summed E-state index contributed by atoms with van der Waals surface area (Å²) in [6, 6.07) is 7.05. The number of hydrogen-bond acceptors (Lipinski definition) is 3. The van der Waals surface area contributed by atoms with Gasteiger partial charge in [-0.2, -0.15) is 0 Å². The third-order valence-corrected chi connectivity index (χ3v) is 4.96. The first-order chi connectivity index (χ1) is 13.1. The van der Waals surface area contributed by atoms with Crippen LogP contribution in [0.2, 0.25) is 0 Å². The summed E-state index contributed by atoms with van der Waals surface area (Å²) < 4.78 is 0. The van der Waals surface area contributed by atoms with Crippen LogP contribution >= 0.6 is 0 Å². The van der Waals surface area contributed by atoms with E-state index in [-0.39, 0.29) is 17.5 Å². The number of H-pyrrole nitrogens is 1. The lowest BCUT2D eigenvalue weighted by atomic mass is 10.1. The van der Waals surface area contributed by atoms with Crippen LogP contribution in [0.4, 0.5) is 0 Å². The van der Waals surface area contributed by atoms with Crippen molar-refractivity contribution in [1.29, 1.82) is 0 Å². The van der Waals surface area contributed by atoms with E-state index in [4.69, 9.17) is 0 Å². The summed E-state index contributed by atoms with van der Waals surface area (Å²) in [6.07, 6.45) is 6.71. The topological polar surface area (TPSA) is 93.7 Å². The Morgan fingerprint density at radius 1 is 1.19 bits per heavy atom. The monoisotopic (exact) mass is 373 g/mol. The standard InChI is InChI=1S/C21H32N4O2/c1-3-4-13-19(26)25(15-10-6-5-9-14-22)16(2)20-23-18-12-8-7-11-17(18)21(27)24-20/h7-8,11-12,16H,3-6,9-10,13-15,22H2,1-2H3,(H,23,24,27)/p+1/t16-/m1/s1. The van der Waals surface area contributed by atoms with E-state index in [0.29, 0.717) is 29.7 Å². The first-order valence-corrected chi connectivity index (χ1v) is 10.2. The predicted octanol–water partition coefficient (Wildman–Crippen LogP) is 2.81. The number of aromatic nitrogens is 2. The van der Waals surface area contributed by atoms with Crippen LogP contribution in [-0.4, -0.2) is 33.9 Å². The molecule has 1 heterocycles. The molecule has 1 atom stereocenters. The van der Waals surface area contributed by atoms with Crippen LogP contribution in [0.5, 0.6) is 0 Å². The lowest BCUT2D eigenvalue weighted by Gasteiger charge is -2.29. The second-order valence-corrected chi connectivity index (χ2v) is 7.10. The number of carbonyl (C=O) groups excluding carboxylic acids is 1. The lowest BCUT2D eigenvalue weighted by molar-refractivity contribution is -0.368. The van der Waals surface area contributed by atoms with Crippen molar-refractivity contribution in [2.24, 2.45) is 0 Å². The lowest BCUT2D eigenvalue weighted by Crippen LogP contribution is -2.50. The van der Waals surface area contributed by atoms with E-state index in [1.54, 1.807) is 6.07 Å². The van der Waals surface area contributed by atoms with Gasteiger partial charge < -0.3 is 15.6 Å². The summed E-state index contributed by atoms with van der Waals surface area (Å²) in [5, 5.41) is 0.575. The van der Waals surface area contributed by atoms with Crippen molar-refractivity contribution in [3.8, 4) is 0 Å². The summed E-state index contributed by atoms with van der Waals surface area (Å²) in [6.45, 7) is 5.68.